The van der Waals surface area contributed by atoms with Gasteiger partial charge in [-0.15, -0.1) is 0 Å². The van der Waals surface area contributed by atoms with Crippen LogP contribution in [0.2, 0.25) is 0 Å². The Balaban J connectivity index is 0.879. The topological polar surface area (TPSA) is 52.6 Å². The number of hydrogen-bond donors (Lipinski definition) is 0. The highest BCUT2D eigenvalue weighted by Crippen LogP contribution is 2.43. The summed E-state index contributed by atoms with van der Waals surface area (Å²) in [5.74, 6) is 0. The molecule has 13 aromatic rings. The maximum absolute atomic E-state index is 6.74. The highest BCUT2D eigenvalue weighted by atomic mass is 16.3. The summed E-state index contributed by atoms with van der Waals surface area (Å²) in [5.41, 5.74) is 19.7. The summed E-state index contributed by atoms with van der Waals surface area (Å²) in [4.78, 5) is 0. The molecule has 0 aliphatic rings. The van der Waals surface area contributed by atoms with Crippen LogP contribution < -0.4 is 0 Å². The highest BCUT2D eigenvalue weighted by Gasteiger charge is 2.20. The molecule has 0 spiro atoms. The molecule has 0 amide bonds. The van der Waals surface area contributed by atoms with Gasteiger partial charge in [0.05, 0.1) is 0 Å². The van der Waals surface area contributed by atoms with Crippen molar-refractivity contribution in [2.75, 3.05) is 0 Å². The van der Waals surface area contributed by atoms with Crippen molar-refractivity contribution in [3.8, 4) is 33.4 Å². The monoisotopic (exact) mass is 798 g/mol. The number of benzene rings is 9. The van der Waals surface area contributed by atoms with Crippen LogP contribution in [-0.4, -0.2) is 0 Å². The van der Waals surface area contributed by atoms with Gasteiger partial charge in [0.1, 0.15) is 44.7 Å². The predicted molar refractivity (Wildman–Crippen MR) is 255 cm³/mol. The summed E-state index contributed by atoms with van der Waals surface area (Å²) in [6, 6.07) is 58.3. The van der Waals surface area contributed by atoms with Gasteiger partial charge in [-0.05, 0) is 144 Å². The van der Waals surface area contributed by atoms with Gasteiger partial charge in [-0.25, -0.2) is 0 Å². The first kappa shape index (κ1) is 35.0. The molecule has 13 rings (SSSR count). The van der Waals surface area contributed by atoms with Crippen LogP contribution in [0.5, 0.6) is 0 Å². The summed E-state index contributed by atoms with van der Waals surface area (Å²) in [7, 11) is 0. The molecule has 4 aromatic heterocycles. The molecule has 0 bridgehead atoms. The maximum atomic E-state index is 6.74. The number of furan rings is 4. The molecule has 0 aliphatic carbocycles. The van der Waals surface area contributed by atoms with Gasteiger partial charge >= 0.3 is 0 Å². The average Bonchev–Trinajstić information content (AvgIpc) is 4.06. The fourth-order valence-corrected chi connectivity index (χ4v) is 10.0. The van der Waals surface area contributed by atoms with E-state index < -0.39 is 0 Å². The molecule has 294 valence electrons. The highest BCUT2D eigenvalue weighted by molar-refractivity contribution is 6.14. The normalized spacial score (nSPS) is 12.2. The first-order valence-electron chi connectivity index (χ1n) is 21.3. The van der Waals surface area contributed by atoms with E-state index >= 15 is 0 Å². The van der Waals surface area contributed by atoms with Crippen LogP contribution in [0.3, 0.4) is 0 Å². The third kappa shape index (κ3) is 5.33. The smallest absolute Gasteiger partial charge is 0.143 e. The number of fused-ring (bicyclic) bond motifs is 12. The fraction of sp³-hybridized carbons (Fsp3) is 0.0690. The predicted octanol–water partition coefficient (Wildman–Crippen LogP) is 16.8. The van der Waals surface area contributed by atoms with Crippen molar-refractivity contribution < 1.29 is 17.7 Å². The van der Waals surface area contributed by atoms with Crippen LogP contribution >= 0.6 is 0 Å². The van der Waals surface area contributed by atoms with Crippen LogP contribution in [-0.2, 0) is 6.42 Å². The van der Waals surface area contributed by atoms with Crippen molar-refractivity contribution >= 4 is 87.8 Å². The molecule has 0 aliphatic heterocycles. The van der Waals surface area contributed by atoms with Crippen molar-refractivity contribution in [2.24, 2.45) is 0 Å². The lowest BCUT2D eigenvalue weighted by molar-refractivity contribution is 0.664. The van der Waals surface area contributed by atoms with E-state index in [4.69, 9.17) is 17.7 Å². The molecular formula is C58H38O4. The average molecular weight is 799 g/mol. The number of rotatable bonds is 5. The van der Waals surface area contributed by atoms with E-state index in [1.54, 1.807) is 0 Å². The van der Waals surface area contributed by atoms with Crippen LogP contribution in [0.15, 0.2) is 181 Å². The molecule has 0 N–H and O–H groups in total. The zero-order chi connectivity index (χ0) is 41.2. The van der Waals surface area contributed by atoms with E-state index in [-0.39, 0.29) is 0 Å². The van der Waals surface area contributed by atoms with Crippen molar-refractivity contribution in [3.05, 3.63) is 192 Å². The maximum Gasteiger partial charge on any atom is 0.143 e. The zero-order valence-electron chi connectivity index (χ0n) is 34.4. The molecule has 4 nitrogen and oxygen atoms in total. The summed E-state index contributed by atoms with van der Waals surface area (Å²) in [6.45, 7) is 6.47. The molecule has 0 atom stereocenters. The Bertz CT molecular complexity index is 4000. The van der Waals surface area contributed by atoms with Gasteiger partial charge in [0, 0.05) is 66.2 Å². The van der Waals surface area contributed by atoms with Crippen molar-refractivity contribution in [1.82, 2.24) is 0 Å². The van der Waals surface area contributed by atoms with Crippen LogP contribution in [0.25, 0.3) is 121 Å². The molecule has 4 heterocycles. The minimum atomic E-state index is 0.720. The van der Waals surface area contributed by atoms with E-state index in [9.17, 15) is 0 Å². The lowest BCUT2D eigenvalue weighted by atomic mass is 9.94. The van der Waals surface area contributed by atoms with Crippen molar-refractivity contribution in [3.63, 3.8) is 0 Å². The lowest BCUT2D eigenvalue weighted by Crippen LogP contribution is -1.88. The summed E-state index contributed by atoms with van der Waals surface area (Å²) >= 11 is 0. The Kier molecular flexibility index (Phi) is 7.39. The van der Waals surface area contributed by atoms with Crippen LogP contribution in [0.1, 0.15) is 27.8 Å². The van der Waals surface area contributed by atoms with Gasteiger partial charge in [0.15, 0.2) is 0 Å². The molecular weight excluding hydrogens is 761 g/mol. The first-order chi connectivity index (χ1) is 30.4. The van der Waals surface area contributed by atoms with E-state index in [0.717, 1.165) is 133 Å². The third-order valence-electron chi connectivity index (χ3n) is 12.8. The Morgan fingerprint density at radius 2 is 0.758 bits per heavy atom. The zero-order valence-corrected chi connectivity index (χ0v) is 34.4. The molecule has 62 heavy (non-hydrogen) atoms. The van der Waals surface area contributed by atoms with Crippen molar-refractivity contribution in [2.45, 2.75) is 27.2 Å². The van der Waals surface area contributed by atoms with E-state index in [1.165, 1.54) is 22.3 Å². The number of aryl methyl sites for hydroxylation is 3. The minimum absolute atomic E-state index is 0.720. The molecule has 0 saturated heterocycles. The SMILES string of the molecule is Cc1cc(-c2cccc(-c3cc(C)cc4c3oc3ccc(Cc5cccc6c5oc5ccc(-c7cc(C)cc8c7oc7ccccc78)cc56)cc34)c2)c2oc3ccccc3c2c1. The fourth-order valence-electron chi connectivity index (χ4n) is 10.0. The summed E-state index contributed by atoms with van der Waals surface area (Å²) < 4.78 is 26.3. The van der Waals surface area contributed by atoms with E-state index in [2.05, 4.69) is 160 Å². The molecule has 0 unspecified atom stereocenters. The second-order valence-corrected chi connectivity index (χ2v) is 17.1. The Morgan fingerprint density at radius 3 is 1.35 bits per heavy atom. The first-order valence-corrected chi connectivity index (χ1v) is 21.3. The second-order valence-electron chi connectivity index (χ2n) is 17.1. The lowest BCUT2D eigenvalue weighted by Gasteiger charge is -2.09. The van der Waals surface area contributed by atoms with Crippen molar-refractivity contribution in [1.29, 1.82) is 0 Å². The quantitative estimate of drug-likeness (QED) is 0.174. The Morgan fingerprint density at radius 1 is 0.306 bits per heavy atom. The minimum Gasteiger partial charge on any atom is -0.456 e. The Labute approximate surface area is 356 Å². The molecule has 0 radical (unpaired) electrons. The van der Waals surface area contributed by atoms with Gasteiger partial charge in [-0.1, -0.05) is 84.9 Å². The summed E-state index contributed by atoms with van der Waals surface area (Å²) in [6.07, 6.45) is 0.720. The molecule has 4 heteroatoms. The largest absolute Gasteiger partial charge is 0.456 e. The van der Waals surface area contributed by atoms with Gasteiger partial charge in [0.25, 0.3) is 0 Å². The number of para-hydroxylation sites is 3. The second kappa shape index (κ2) is 13.1. The van der Waals surface area contributed by atoms with Gasteiger partial charge in [0.2, 0.25) is 0 Å². The molecule has 0 fully saturated rings. The molecule has 9 aromatic carbocycles. The van der Waals surface area contributed by atoms with E-state index in [1.807, 2.05) is 24.3 Å². The van der Waals surface area contributed by atoms with Gasteiger partial charge in [-0.2, -0.15) is 0 Å². The standard InChI is InChI=1S/C58H38O4/c1-32-22-43(56-48(25-32)40-13-4-6-16-51(40)60-56)36-10-8-11-37(30-36)44-23-34(3)27-50-46-29-35(18-20-53(46)62-58(44)50)28-39-12-9-15-42-47-31-38(19-21-54(47)59-55(39)42)45-24-33(2)26-49-41-14-5-7-17-52(41)61-57(45)49/h4-27,29-31H,28H2,1-3H3. The van der Waals surface area contributed by atoms with Gasteiger partial charge < -0.3 is 17.7 Å². The number of hydrogen-bond acceptors (Lipinski definition) is 4. The Hall–Kier alpha value is -7.82. The summed E-state index contributed by atoms with van der Waals surface area (Å²) in [5, 5.41) is 8.98. The van der Waals surface area contributed by atoms with E-state index in [0.29, 0.717) is 0 Å². The van der Waals surface area contributed by atoms with Crippen LogP contribution in [0, 0.1) is 20.8 Å². The van der Waals surface area contributed by atoms with Crippen LogP contribution in [0.4, 0.5) is 0 Å². The third-order valence-corrected chi connectivity index (χ3v) is 12.8. The van der Waals surface area contributed by atoms with Gasteiger partial charge in [-0.3, -0.25) is 0 Å². The molecule has 0 saturated carbocycles.